The van der Waals surface area contributed by atoms with Gasteiger partial charge in [0.05, 0.1) is 23.6 Å². The fourth-order valence-electron chi connectivity index (χ4n) is 1.93. The zero-order chi connectivity index (χ0) is 14.0. The second kappa shape index (κ2) is 5.65. The maximum absolute atomic E-state index is 13.6. The number of hydrogen-bond acceptors (Lipinski definition) is 4. The Bertz CT molecular complexity index is 447. The molecular weight excluding hydrogens is 247 g/mol. The molecule has 0 aliphatic heterocycles. The van der Waals surface area contributed by atoms with Crippen molar-refractivity contribution >= 4 is 11.4 Å². The Morgan fingerprint density at radius 1 is 1.47 bits per heavy atom. The van der Waals surface area contributed by atoms with Gasteiger partial charge in [-0.1, -0.05) is 0 Å². The number of nitrogen functional groups attached to an aromatic ring is 1. The summed E-state index contributed by atoms with van der Waals surface area (Å²) in [6, 6.07) is 2.79. The van der Waals surface area contributed by atoms with Crippen LogP contribution in [0, 0.1) is 11.7 Å². The van der Waals surface area contributed by atoms with Gasteiger partial charge in [-0.05, 0) is 32.6 Å². The molecule has 0 amide bonds. The van der Waals surface area contributed by atoms with E-state index in [0.29, 0.717) is 23.8 Å². The fraction of sp³-hybridized carbons (Fsp3) is 0.571. The number of nitrogens with one attached hydrogen (secondary N) is 1. The molecule has 0 saturated heterocycles. The Hall–Kier alpha value is -1.49. The lowest BCUT2D eigenvalue weighted by atomic mass is 10.2. The molecule has 0 radical (unpaired) electrons. The van der Waals surface area contributed by atoms with Crippen LogP contribution in [0.25, 0.3) is 0 Å². The van der Waals surface area contributed by atoms with Crippen molar-refractivity contribution in [1.29, 1.82) is 0 Å². The number of ether oxygens (including phenoxy) is 1. The van der Waals surface area contributed by atoms with Gasteiger partial charge in [0.15, 0.2) is 11.6 Å². The molecule has 19 heavy (non-hydrogen) atoms. The fourth-order valence-corrected chi connectivity index (χ4v) is 1.93. The lowest BCUT2D eigenvalue weighted by Crippen LogP contribution is -2.22. The third-order valence-electron chi connectivity index (χ3n) is 3.13. The minimum Gasteiger partial charge on any atom is -0.488 e. The van der Waals surface area contributed by atoms with Gasteiger partial charge in [-0.15, -0.1) is 0 Å². The molecule has 1 fully saturated rings. The van der Waals surface area contributed by atoms with Crippen molar-refractivity contribution in [2.75, 3.05) is 17.6 Å². The minimum absolute atomic E-state index is 0.108. The zero-order valence-corrected chi connectivity index (χ0v) is 11.3. The normalized spacial score (nSPS) is 16.5. The average Bonchev–Trinajstić information content (AvgIpc) is 3.14. The van der Waals surface area contributed by atoms with Crippen molar-refractivity contribution in [3.8, 4) is 5.75 Å². The Labute approximate surface area is 112 Å². The Morgan fingerprint density at radius 3 is 2.74 bits per heavy atom. The topological polar surface area (TPSA) is 67.5 Å². The van der Waals surface area contributed by atoms with E-state index < -0.39 is 5.82 Å². The number of anilines is 2. The number of aliphatic hydroxyl groups is 1. The van der Waals surface area contributed by atoms with Crippen LogP contribution in [0.3, 0.4) is 0 Å². The first-order valence-electron chi connectivity index (χ1n) is 6.65. The summed E-state index contributed by atoms with van der Waals surface area (Å²) in [7, 11) is 0. The van der Waals surface area contributed by atoms with E-state index >= 15 is 0 Å². The van der Waals surface area contributed by atoms with E-state index in [1.807, 2.05) is 13.8 Å². The summed E-state index contributed by atoms with van der Waals surface area (Å²) in [6.07, 6.45) is 1.66. The van der Waals surface area contributed by atoms with E-state index in [0.717, 1.165) is 12.8 Å². The molecule has 106 valence electrons. The van der Waals surface area contributed by atoms with E-state index in [2.05, 4.69) is 5.32 Å². The van der Waals surface area contributed by atoms with Crippen LogP contribution in [0.2, 0.25) is 0 Å². The van der Waals surface area contributed by atoms with Crippen LogP contribution in [-0.2, 0) is 0 Å². The molecule has 0 spiro atoms. The number of halogens is 1. The molecule has 1 aliphatic rings. The van der Waals surface area contributed by atoms with E-state index in [1.165, 1.54) is 6.07 Å². The second-order valence-corrected chi connectivity index (χ2v) is 5.32. The van der Waals surface area contributed by atoms with Crippen LogP contribution in [-0.4, -0.2) is 23.9 Å². The number of hydrogen-bond donors (Lipinski definition) is 3. The van der Waals surface area contributed by atoms with E-state index in [9.17, 15) is 9.50 Å². The van der Waals surface area contributed by atoms with Gasteiger partial charge in [-0.2, -0.15) is 0 Å². The predicted molar refractivity (Wildman–Crippen MR) is 73.8 cm³/mol. The highest BCUT2D eigenvalue weighted by molar-refractivity contribution is 5.68. The van der Waals surface area contributed by atoms with Gasteiger partial charge in [0, 0.05) is 18.7 Å². The summed E-state index contributed by atoms with van der Waals surface area (Å²) < 4.78 is 19.0. The highest BCUT2D eigenvalue weighted by Crippen LogP contribution is 2.33. The van der Waals surface area contributed by atoms with Gasteiger partial charge in [-0.25, -0.2) is 4.39 Å². The molecule has 1 aliphatic carbocycles. The number of benzene rings is 1. The highest BCUT2D eigenvalue weighted by Gasteiger charge is 2.29. The van der Waals surface area contributed by atoms with Crippen molar-refractivity contribution in [1.82, 2.24) is 0 Å². The van der Waals surface area contributed by atoms with Crippen LogP contribution in [0.15, 0.2) is 12.1 Å². The molecule has 0 bridgehead atoms. The van der Waals surface area contributed by atoms with Crippen molar-refractivity contribution in [2.24, 2.45) is 5.92 Å². The summed E-state index contributed by atoms with van der Waals surface area (Å²) in [4.78, 5) is 0. The lowest BCUT2D eigenvalue weighted by Gasteiger charge is -2.16. The molecule has 1 aromatic carbocycles. The van der Waals surface area contributed by atoms with Gasteiger partial charge < -0.3 is 20.9 Å². The summed E-state index contributed by atoms with van der Waals surface area (Å²) in [6.45, 7) is 4.08. The first-order valence-corrected chi connectivity index (χ1v) is 6.65. The molecule has 1 saturated carbocycles. The van der Waals surface area contributed by atoms with Crippen molar-refractivity contribution < 1.29 is 14.2 Å². The van der Waals surface area contributed by atoms with E-state index in [4.69, 9.17) is 10.5 Å². The molecule has 5 heteroatoms. The maximum atomic E-state index is 13.6. The first kappa shape index (κ1) is 13.9. The Morgan fingerprint density at radius 2 is 2.16 bits per heavy atom. The number of rotatable bonds is 6. The molecule has 4 N–H and O–H groups in total. The molecule has 0 heterocycles. The Balaban J connectivity index is 2.05. The highest BCUT2D eigenvalue weighted by atomic mass is 19.1. The molecule has 4 nitrogen and oxygen atoms in total. The number of aliphatic hydroxyl groups excluding tert-OH is 1. The third-order valence-corrected chi connectivity index (χ3v) is 3.13. The summed E-state index contributed by atoms with van der Waals surface area (Å²) in [5, 5.41) is 12.9. The van der Waals surface area contributed by atoms with Gasteiger partial charge in [0.1, 0.15) is 0 Å². The van der Waals surface area contributed by atoms with Crippen LogP contribution in [0.1, 0.15) is 26.7 Å². The smallest absolute Gasteiger partial charge is 0.167 e. The Kier molecular flexibility index (Phi) is 4.14. The van der Waals surface area contributed by atoms with Crippen LogP contribution >= 0.6 is 0 Å². The van der Waals surface area contributed by atoms with Gasteiger partial charge in [-0.3, -0.25) is 0 Å². The molecule has 0 aromatic heterocycles. The molecule has 1 unspecified atom stereocenters. The third kappa shape index (κ3) is 3.73. The average molecular weight is 268 g/mol. The van der Waals surface area contributed by atoms with E-state index in [1.54, 1.807) is 6.07 Å². The van der Waals surface area contributed by atoms with Crippen LogP contribution < -0.4 is 15.8 Å². The molecule has 1 aromatic rings. The monoisotopic (exact) mass is 268 g/mol. The van der Waals surface area contributed by atoms with Gasteiger partial charge in [0.2, 0.25) is 0 Å². The second-order valence-electron chi connectivity index (χ2n) is 5.32. The van der Waals surface area contributed by atoms with Crippen molar-refractivity contribution in [3.05, 3.63) is 17.9 Å². The summed E-state index contributed by atoms with van der Waals surface area (Å²) in [5.41, 5.74) is 6.67. The quantitative estimate of drug-likeness (QED) is 0.693. The summed E-state index contributed by atoms with van der Waals surface area (Å²) >= 11 is 0. The van der Waals surface area contributed by atoms with E-state index in [-0.39, 0.29) is 18.0 Å². The van der Waals surface area contributed by atoms with Crippen molar-refractivity contribution in [2.45, 2.75) is 38.9 Å². The van der Waals surface area contributed by atoms with Crippen LogP contribution in [0.5, 0.6) is 5.75 Å². The lowest BCUT2D eigenvalue weighted by molar-refractivity contribution is 0.164. The standard InChI is InChI=1S/C14H21FN2O2/c1-8(2)19-14-6-12(11(16)5-10(14)15)17-7-13(18)9-3-4-9/h5-6,8-9,13,17-18H,3-4,7,16H2,1-2H3. The largest absolute Gasteiger partial charge is 0.488 e. The minimum atomic E-state index is -0.473. The molecule has 1 atom stereocenters. The maximum Gasteiger partial charge on any atom is 0.167 e. The molecular formula is C14H21FN2O2. The van der Waals surface area contributed by atoms with Gasteiger partial charge in [0.25, 0.3) is 0 Å². The van der Waals surface area contributed by atoms with Crippen LogP contribution in [0.4, 0.5) is 15.8 Å². The molecule has 2 rings (SSSR count). The van der Waals surface area contributed by atoms with Gasteiger partial charge >= 0.3 is 0 Å². The SMILES string of the molecule is CC(C)Oc1cc(NCC(O)C2CC2)c(N)cc1F. The zero-order valence-electron chi connectivity index (χ0n) is 11.3. The first-order chi connectivity index (χ1) is 8.97. The predicted octanol–water partition coefficient (Wildman–Crippen LogP) is 2.38. The number of nitrogens with two attached hydrogens (primary N) is 1. The summed E-state index contributed by atoms with van der Waals surface area (Å²) in [5.74, 6) is 0.0904. The van der Waals surface area contributed by atoms with Crippen molar-refractivity contribution in [3.63, 3.8) is 0 Å².